The second-order valence-electron chi connectivity index (χ2n) is 8.05. The molecule has 2 bridgehead atoms. The van der Waals surface area contributed by atoms with Gasteiger partial charge in [-0.25, -0.2) is 0 Å². The van der Waals surface area contributed by atoms with Crippen LogP contribution in [0.25, 0.3) is 0 Å². The number of carbonyl (C=O) groups excluding carboxylic acids is 3. The van der Waals surface area contributed by atoms with Gasteiger partial charge in [0.15, 0.2) is 0 Å². The van der Waals surface area contributed by atoms with E-state index in [9.17, 15) is 14.4 Å². The van der Waals surface area contributed by atoms with Crippen molar-refractivity contribution in [3.05, 3.63) is 36.4 Å². The van der Waals surface area contributed by atoms with Crippen LogP contribution in [0.1, 0.15) is 13.3 Å². The van der Waals surface area contributed by atoms with Crippen molar-refractivity contribution in [1.82, 2.24) is 4.90 Å². The molecule has 1 aliphatic heterocycles. The Morgan fingerprint density at radius 1 is 1.15 bits per heavy atom. The number of nitrogens with zero attached hydrogens (tertiary/aromatic N) is 2. The molecule has 1 heterocycles. The summed E-state index contributed by atoms with van der Waals surface area (Å²) in [4.78, 5) is 41.3. The molecule has 1 aromatic rings. The van der Waals surface area contributed by atoms with E-state index in [2.05, 4.69) is 12.2 Å². The van der Waals surface area contributed by atoms with E-state index < -0.39 is 0 Å². The largest absolute Gasteiger partial charge is 0.497 e. The lowest BCUT2D eigenvalue weighted by Crippen LogP contribution is -2.44. The molecular weight excluding hydrogens is 344 g/mol. The number of rotatable bonds is 4. The third-order valence-corrected chi connectivity index (χ3v) is 6.78. The Morgan fingerprint density at radius 2 is 1.78 bits per heavy atom. The normalized spacial score (nSPS) is 35.1. The molecule has 0 radical (unpaired) electrons. The molecule has 140 valence electrons. The van der Waals surface area contributed by atoms with Crippen molar-refractivity contribution < 1.29 is 19.1 Å². The summed E-state index contributed by atoms with van der Waals surface area (Å²) in [7, 11) is 1.56. The maximum absolute atomic E-state index is 13.1. The molecule has 0 N–H and O–H groups in total. The molecule has 27 heavy (non-hydrogen) atoms. The Kier molecular flexibility index (Phi) is 3.48. The highest BCUT2D eigenvalue weighted by Gasteiger charge is 2.67. The first-order chi connectivity index (χ1) is 13.0. The van der Waals surface area contributed by atoms with Crippen molar-refractivity contribution in [3.8, 4) is 5.75 Å². The Balaban J connectivity index is 1.44. The molecule has 1 saturated heterocycles. The van der Waals surface area contributed by atoms with Crippen LogP contribution in [-0.4, -0.2) is 36.4 Å². The first-order valence-corrected chi connectivity index (χ1v) is 9.47. The molecule has 4 aliphatic carbocycles. The lowest BCUT2D eigenvalue weighted by atomic mass is 9.63. The average molecular weight is 366 g/mol. The van der Waals surface area contributed by atoms with Crippen molar-refractivity contribution >= 4 is 23.4 Å². The number of allylic oxidation sites excluding steroid dienone is 2. The number of amides is 3. The van der Waals surface area contributed by atoms with Crippen molar-refractivity contribution in [2.24, 2.45) is 35.5 Å². The lowest BCUT2D eigenvalue weighted by Gasteiger charge is -2.37. The molecule has 5 aliphatic rings. The highest BCUT2D eigenvalue weighted by Crippen LogP contribution is 2.65. The zero-order chi connectivity index (χ0) is 18.9. The van der Waals surface area contributed by atoms with E-state index >= 15 is 0 Å². The summed E-state index contributed by atoms with van der Waals surface area (Å²) in [5, 5.41) is 0. The third kappa shape index (κ3) is 2.28. The fourth-order valence-electron chi connectivity index (χ4n) is 5.44. The topological polar surface area (TPSA) is 66.9 Å². The van der Waals surface area contributed by atoms with E-state index in [1.807, 2.05) is 0 Å². The molecular formula is C21H22N2O4. The van der Waals surface area contributed by atoms with Crippen LogP contribution < -0.4 is 9.64 Å². The maximum atomic E-state index is 13.1. The van der Waals surface area contributed by atoms with Crippen LogP contribution in [0.2, 0.25) is 0 Å². The summed E-state index contributed by atoms with van der Waals surface area (Å²) in [5.74, 6) is 1.19. The van der Waals surface area contributed by atoms with E-state index in [4.69, 9.17) is 4.74 Å². The van der Waals surface area contributed by atoms with E-state index in [1.54, 1.807) is 31.4 Å². The molecule has 3 fully saturated rings. The summed E-state index contributed by atoms with van der Waals surface area (Å²) in [6.07, 6.45) is 5.44. The summed E-state index contributed by atoms with van der Waals surface area (Å²) in [6.45, 7) is 1.40. The number of ether oxygens (including phenoxy) is 1. The second kappa shape index (κ2) is 5.68. The molecule has 0 aromatic heterocycles. The third-order valence-electron chi connectivity index (χ3n) is 6.78. The first kappa shape index (κ1) is 16.5. The molecule has 6 rings (SSSR count). The van der Waals surface area contributed by atoms with Gasteiger partial charge in [-0.15, -0.1) is 0 Å². The highest BCUT2D eigenvalue weighted by atomic mass is 16.5. The van der Waals surface area contributed by atoms with Crippen LogP contribution in [0.4, 0.5) is 5.69 Å². The zero-order valence-electron chi connectivity index (χ0n) is 15.4. The van der Waals surface area contributed by atoms with Crippen molar-refractivity contribution in [2.45, 2.75) is 13.3 Å². The molecule has 6 nitrogen and oxygen atoms in total. The van der Waals surface area contributed by atoms with Crippen molar-refractivity contribution in [1.29, 1.82) is 0 Å². The predicted octanol–water partition coefficient (Wildman–Crippen LogP) is 2.06. The van der Waals surface area contributed by atoms with Crippen LogP contribution in [0.15, 0.2) is 36.4 Å². The van der Waals surface area contributed by atoms with Gasteiger partial charge in [-0.2, -0.15) is 0 Å². The molecule has 1 aromatic carbocycles. The number of carbonyl (C=O) groups is 3. The van der Waals surface area contributed by atoms with E-state index in [0.717, 1.165) is 6.42 Å². The number of hydrogen-bond acceptors (Lipinski definition) is 4. The summed E-state index contributed by atoms with van der Waals surface area (Å²) in [6, 6.07) is 7.09. The minimum absolute atomic E-state index is 0.0397. The minimum atomic E-state index is -0.240. The van der Waals surface area contributed by atoms with E-state index in [0.29, 0.717) is 23.3 Å². The van der Waals surface area contributed by atoms with Gasteiger partial charge in [-0.05, 0) is 42.2 Å². The van der Waals surface area contributed by atoms with Gasteiger partial charge < -0.3 is 4.74 Å². The Bertz CT molecular complexity index is 843. The first-order valence-electron chi connectivity index (χ1n) is 9.47. The smallest absolute Gasteiger partial charge is 0.235 e. The van der Waals surface area contributed by atoms with E-state index in [-0.39, 0.29) is 48.1 Å². The van der Waals surface area contributed by atoms with Gasteiger partial charge in [0.1, 0.15) is 12.4 Å². The fraction of sp³-hybridized carbons (Fsp3) is 0.476. The molecule has 2 saturated carbocycles. The SMILES string of the molecule is COc1cccc(N(CN2C(=O)C3C4C=CC(C5CC45)C3C2=O)C(C)=O)c1. The van der Waals surface area contributed by atoms with E-state index in [1.165, 1.54) is 16.7 Å². The molecule has 6 heteroatoms. The Hall–Kier alpha value is -2.63. The maximum Gasteiger partial charge on any atom is 0.235 e. The standard InChI is InChI=1S/C21H22N2O4/c1-11(24)22(12-4-3-5-13(8-12)27-2)10-23-20(25)18-14-6-7-15(17-9-16(14)17)19(18)21(23)26/h3-8,14-19H,9-10H2,1-2H3. The number of hydrogen-bond donors (Lipinski definition) is 0. The number of anilines is 1. The average Bonchev–Trinajstić information content (AvgIpc) is 3.45. The quantitative estimate of drug-likeness (QED) is 0.604. The van der Waals surface area contributed by atoms with Crippen molar-refractivity contribution in [2.75, 3.05) is 18.7 Å². The zero-order valence-corrected chi connectivity index (χ0v) is 15.4. The molecule has 3 amide bonds. The minimum Gasteiger partial charge on any atom is -0.497 e. The van der Waals surface area contributed by atoms with Gasteiger partial charge in [-0.3, -0.25) is 24.2 Å². The summed E-state index contributed by atoms with van der Waals surface area (Å²) >= 11 is 0. The predicted molar refractivity (Wildman–Crippen MR) is 97.6 cm³/mol. The lowest BCUT2D eigenvalue weighted by molar-refractivity contribution is -0.140. The molecule has 6 atom stereocenters. The second-order valence-corrected chi connectivity index (χ2v) is 8.05. The summed E-state index contributed by atoms with van der Waals surface area (Å²) in [5.41, 5.74) is 0.612. The monoisotopic (exact) mass is 366 g/mol. The Labute approximate surface area is 157 Å². The van der Waals surface area contributed by atoms with Crippen LogP contribution in [0.3, 0.4) is 0 Å². The number of benzene rings is 1. The highest BCUT2D eigenvalue weighted by molar-refractivity contribution is 6.07. The van der Waals surface area contributed by atoms with Crippen LogP contribution in [0.5, 0.6) is 5.75 Å². The van der Waals surface area contributed by atoms with Crippen LogP contribution in [0, 0.1) is 35.5 Å². The summed E-state index contributed by atoms with van der Waals surface area (Å²) < 4.78 is 5.23. The van der Waals surface area contributed by atoms with Gasteiger partial charge in [0.2, 0.25) is 17.7 Å². The molecule has 0 spiro atoms. The van der Waals surface area contributed by atoms with Crippen LogP contribution >= 0.6 is 0 Å². The van der Waals surface area contributed by atoms with Gasteiger partial charge in [0, 0.05) is 18.7 Å². The van der Waals surface area contributed by atoms with Gasteiger partial charge in [-0.1, -0.05) is 18.2 Å². The number of likely N-dealkylation sites (tertiary alicyclic amines) is 1. The fourth-order valence-corrected chi connectivity index (χ4v) is 5.44. The van der Waals surface area contributed by atoms with Gasteiger partial charge in [0.05, 0.1) is 18.9 Å². The van der Waals surface area contributed by atoms with Gasteiger partial charge >= 0.3 is 0 Å². The van der Waals surface area contributed by atoms with Crippen LogP contribution in [-0.2, 0) is 14.4 Å². The number of imide groups is 1. The van der Waals surface area contributed by atoms with Gasteiger partial charge in [0.25, 0.3) is 0 Å². The number of methoxy groups -OCH3 is 1. The Morgan fingerprint density at radius 3 is 2.33 bits per heavy atom. The molecule has 6 unspecified atom stereocenters. The van der Waals surface area contributed by atoms with Crippen molar-refractivity contribution in [3.63, 3.8) is 0 Å².